The lowest BCUT2D eigenvalue weighted by atomic mass is 10.0. The first-order chi connectivity index (χ1) is 37.0. The van der Waals surface area contributed by atoms with Crippen molar-refractivity contribution in [1.82, 2.24) is 0 Å². The van der Waals surface area contributed by atoms with Crippen molar-refractivity contribution in [2.45, 2.75) is 412 Å². The molecule has 6 nitrogen and oxygen atoms in total. The molecule has 0 spiro atoms. The quantitative estimate of drug-likeness (QED) is 0.0343. The van der Waals surface area contributed by atoms with E-state index in [0.29, 0.717) is 19.3 Å². The topological polar surface area (TPSA) is 78.9 Å². The number of ether oxygens (including phenoxy) is 3. The Labute approximate surface area is 469 Å². The molecule has 0 saturated carbocycles. The summed E-state index contributed by atoms with van der Waals surface area (Å²) in [5.41, 5.74) is 0. The van der Waals surface area contributed by atoms with Crippen LogP contribution in [-0.2, 0) is 28.6 Å². The van der Waals surface area contributed by atoms with Crippen LogP contribution in [-0.4, -0.2) is 37.2 Å². The van der Waals surface area contributed by atoms with Gasteiger partial charge < -0.3 is 14.2 Å². The van der Waals surface area contributed by atoms with Crippen molar-refractivity contribution in [2.75, 3.05) is 13.2 Å². The zero-order chi connectivity index (χ0) is 54.3. The third-order valence-electron chi connectivity index (χ3n) is 16.1. The maximum atomic E-state index is 12.9. The molecule has 0 fully saturated rings. The van der Waals surface area contributed by atoms with Crippen LogP contribution >= 0.6 is 0 Å². The summed E-state index contributed by atoms with van der Waals surface area (Å²) in [7, 11) is 0. The Kier molecular flexibility index (Phi) is 63.6. The van der Waals surface area contributed by atoms with Gasteiger partial charge in [-0.05, 0) is 19.3 Å². The van der Waals surface area contributed by atoms with E-state index in [1.165, 1.54) is 308 Å². The Morgan fingerprint density at radius 3 is 0.533 bits per heavy atom. The summed E-state index contributed by atoms with van der Waals surface area (Å²) in [6, 6.07) is 0. The molecule has 1 unspecified atom stereocenters. The second-order valence-electron chi connectivity index (χ2n) is 23.8. The van der Waals surface area contributed by atoms with Crippen LogP contribution in [0.1, 0.15) is 406 Å². The van der Waals surface area contributed by atoms with Crippen LogP contribution in [0.5, 0.6) is 0 Å². The van der Waals surface area contributed by atoms with E-state index in [1.807, 2.05) is 0 Å². The number of unbranched alkanes of at least 4 members (excludes halogenated alkanes) is 54. The lowest BCUT2D eigenvalue weighted by molar-refractivity contribution is -0.167. The Bertz CT molecular complexity index is 1120. The molecule has 0 N–H and O–H groups in total. The summed E-state index contributed by atoms with van der Waals surface area (Å²) in [6.45, 7) is 6.68. The van der Waals surface area contributed by atoms with Gasteiger partial charge in [-0.25, -0.2) is 0 Å². The smallest absolute Gasteiger partial charge is 0.306 e. The Hall–Kier alpha value is -1.59. The Morgan fingerprint density at radius 2 is 0.360 bits per heavy atom. The molecular weight excluding hydrogens is 925 g/mol. The van der Waals surface area contributed by atoms with Gasteiger partial charge in [0.05, 0.1) is 0 Å². The minimum absolute atomic E-state index is 0.0615. The lowest BCUT2D eigenvalue weighted by Gasteiger charge is -2.18. The van der Waals surface area contributed by atoms with E-state index in [1.54, 1.807) is 0 Å². The van der Waals surface area contributed by atoms with Crippen LogP contribution in [0, 0.1) is 0 Å². The summed E-state index contributed by atoms with van der Waals surface area (Å²) in [6.07, 6.45) is 76.0. The van der Waals surface area contributed by atoms with Gasteiger partial charge in [0.1, 0.15) is 13.2 Å². The molecule has 0 saturated heterocycles. The number of esters is 3. The van der Waals surface area contributed by atoms with Crippen LogP contribution in [0.15, 0.2) is 0 Å². The predicted octanol–water partition coefficient (Wildman–Crippen LogP) is 23.5. The average molecular weight is 1060 g/mol. The van der Waals surface area contributed by atoms with Crippen molar-refractivity contribution < 1.29 is 28.6 Å². The molecule has 446 valence electrons. The molecule has 0 aliphatic rings. The minimum atomic E-state index is -0.761. The standard InChI is InChI=1S/C69H134O6/c1-4-7-10-13-16-18-20-22-24-26-28-29-30-31-32-33-34-35-36-37-38-39-40-41-43-44-46-48-50-53-56-59-62-68(71)74-65-66(64-73-67(70)61-58-55-52-15-12-9-6-3)75-69(72)63-60-57-54-51-49-47-45-42-27-25-23-21-19-17-14-11-8-5-2/h66H,4-65H2,1-3H3. The molecule has 0 heterocycles. The minimum Gasteiger partial charge on any atom is -0.462 e. The van der Waals surface area contributed by atoms with E-state index < -0.39 is 6.10 Å². The van der Waals surface area contributed by atoms with E-state index in [-0.39, 0.29) is 31.1 Å². The van der Waals surface area contributed by atoms with E-state index >= 15 is 0 Å². The molecule has 6 heteroatoms. The van der Waals surface area contributed by atoms with E-state index in [9.17, 15) is 14.4 Å². The Balaban J connectivity index is 3.93. The summed E-state index contributed by atoms with van der Waals surface area (Å²) >= 11 is 0. The van der Waals surface area contributed by atoms with Gasteiger partial charge in [0.2, 0.25) is 0 Å². The first kappa shape index (κ1) is 73.4. The van der Waals surface area contributed by atoms with Crippen molar-refractivity contribution >= 4 is 17.9 Å². The number of carbonyl (C=O) groups excluding carboxylic acids is 3. The fraction of sp³-hybridized carbons (Fsp3) is 0.957. The molecule has 1 atom stereocenters. The largest absolute Gasteiger partial charge is 0.462 e. The summed E-state index contributed by atoms with van der Waals surface area (Å²) in [4.78, 5) is 38.1. The van der Waals surface area contributed by atoms with Gasteiger partial charge in [-0.1, -0.05) is 367 Å². The molecule has 0 aromatic carbocycles. The van der Waals surface area contributed by atoms with Gasteiger partial charge in [0.15, 0.2) is 6.10 Å². The molecular formula is C69H134O6. The molecule has 0 bridgehead atoms. The lowest BCUT2D eigenvalue weighted by Crippen LogP contribution is -2.30. The molecule has 0 radical (unpaired) electrons. The van der Waals surface area contributed by atoms with Gasteiger partial charge in [0, 0.05) is 19.3 Å². The van der Waals surface area contributed by atoms with E-state index in [4.69, 9.17) is 14.2 Å². The molecule has 0 aromatic rings. The number of carbonyl (C=O) groups is 3. The molecule has 0 aliphatic carbocycles. The first-order valence-electron chi connectivity index (χ1n) is 34.5. The van der Waals surface area contributed by atoms with Crippen LogP contribution in [0.25, 0.3) is 0 Å². The molecule has 0 aliphatic heterocycles. The van der Waals surface area contributed by atoms with Crippen LogP contribution < -0.4 is 0 Å². The SMILES string of the molecule is CCCCCCCCCCCCCCCCCCCCCCCCCCCCCCCCCCC(=O)OCC(COC(=O)CCCCCCCCC)OC(=O)CCCCCCCCCCCCCCCCCCCC. The highest BCUT2D eigenvalue weighted by molar-refractivity contribution is 5.71. The molecule has 0 amide bonds. The summed E-state index contributed by atoms with van der Waals surface area (Å²) in [5, 5.41) is 0. The maximum absolute atomic E-state index is 12.9. The van der Waals surface area contributed by atoms with Gasteiger partial charge in [-0.3, -0.25) is 14.4 Å². The second-order valence-corrected chi connectivity index (χ2v) is 23.8. The number of hydrogen-bond donors (Lipinski definition) is 0. The highest BCUT2D eigenvalue weighted by Crippen LogP contribution is 2.19. The number of hydrogen-bond acceptors (Lipinski definition) is 6. The summed E-state index contributed by atoms with van der Waals surface area (Å²) in [5.74, 6) is -0.836. The normalized spacial score (nSPS) is 11.9. The van der Waals surface area contributed by atoms with Crippen molar-refractivity contribution in [1.29, 1.82) is 0 Å². The van der Waals surface area contributed by atoms with Crippen LogP contribution in [0.4, 0.5) is 0 Å². The van der Waals surface area contributed by atoms with Crippen LogP contribution in [0.2, 0.25) is 0 Å². The monoisotopic (exact) mass is 1060 g/mol. The zero-order valence-corrected chi connectivity index (χ0v) is 51.4. The third-order valence-corrected chi connectivity index (χ3v) is 16.1. The maximum Gasteiger partial charge on any atom is 0.306 e. The highest BCUT2D eigenvalue weighted by Gasteiger charge is 2.19. The van der Waals surface area contributed by atoms with Crippen molar-refractivity contribution in [3.63, 3.8) is 0 Å². The van der Waals surface area contributed by atoms with Gasteiger partial charge >= 0.3 is 17.9 Å². The Morgan fingerprint density at radius 1 is 0.213 bits per heavy atom. The summed E-state index contributed by atoms with van der Waals surface area (Å²) < 4.78 is 16.9. The fourth-order valence-corrected chi connectivity index (χ4v) is 10.9. The van der Waals surface area contributed by atoms with Crippen molar-refractivity contribution in [3.05, 3.63) is 0 Å². The van der Waals surface area contributed by atoms with Crippen molar-refractivity contribution in [2.24, 2.45) is 0 Å². The highest BCUT2D eigenvalue weighted by atomic mass is 16.6. The molecule has 0 aromatic heterocycles. The third kappa shape index (κ3) is 63.1. The van der Waals surface area contributed by atoms with Gasteiger partial charge in [-0.15, -0.1) is 0 Å². The second kappa shape index (κ2) is 64.9. The van der Waals surface area contributed by atoms with Crippen LogP contribution in [0.3, 0.4) is 0 Å². The zero-order valence-electron chi connectivity index (χ0n) is 51.4. The van der Waals surface area contributed by atoms with E-state index in [2.05, 4.69) is 20.8 Å². The van der Waals surface area contributed by atoms with Gasteiger partial charge in [-0.2, -0.15) is 0 Å². The van der Waals surface area contributed by atoms with E-state index in [0.717, 1.165) is 57.8 Å². The number of rotatable bonds is 65. The average Bonchev–Trinajstić information content (AvgIpc) is 3.41. The molecule has 75 heavy (non-hydrogen) atoms. The molecule has 0 rings (SSSR count). The predicted molar refractivity (Wildman–Crippen MR) is 326 cm³/mol. The first-order valence-corrected chi connectivity index (χ1v) is 34.5. The van der Waals surface area contributed by atoms with Gasteiger partial charge in [0.25, 0.3) is 0 Å². The fourth-order valence-electron chi connectivity index (χ4n) is 10.9. The van der Waals surface area contributed by atoms with Crippen molar-refractivity contribution in [3.8, 4) is 0 Å².